The third-order valence-electron chi connectivity index (χ3n) is 3.16. The largest absolute Gasteiger partial charge is 0.481 e. The summed E-state index contributed by atoms with van der Waals surface area (Å²) in [5.41, 5.74) is 0. The zero-order chi connectivity index (χ0) is 13.9. The SMILES string of the molecule is CC(CC(=O)N1CCCC(C(=O)O)C1)C(F)(F)F. The van der Waals surface area contributed by atoms with E-state index in [1.165, 1.54) is 4.90 Å². The van der Waals surface area contributed by atoms with Crippen LogP contribution < -0.4 is 0 Å². The molecule has 1 N–H and O–H groups in total. The second-order valence-corrected chi connectivity index (χ2v) is 4.66. The number of nitrogens with zero attached hydrogens (tertiary/aromatic N) is 1. The number of piperidine rings is 1. The van der Waals surface area contributed by atoms with Crippen LogP contribution in [0.1, 0.15) is 26.2 Å². The predicted octanol–water partition coefficient (Wildman–Crippen LogP) is 1.90. The zero-order valence-electron chi connectivity index (χ0n) is 10.0. The number of carbonyl (C=O) groups excluding carboxylic acids is 1. The van der Waals surface area contributed by atoms with Gasteiger partial charge in [-0.2, -0.15) is 13.2 Å². The molecule has 104 valence electrons. The van der Waals surface area contributed by atoms with Gasteiger partial charge in [0.05, 0.1) is 11.8 Å². The molecule has 0 aromatic heterocycles. The van der Waals surface area contributed by atoms with Gasteiger partial charge in [-0.1, -0.05) is 6.92 Å². The molecule has 0 radical (unpaired) electrons. The summed E-state index contributed by atoms with van der Waals surface area (Å²) in [7, 11) is 0. The van der Waals surface area contributed by atoms with Crippen LogP contribution in [0.5, 0.6) is 0 Å². The predicted molar refractivity (Wildman–Crippen MR) is 56.8 cm³/mol. The molecular formula is C11H16F3NO3. The number of amides is 1. The lowest BCUT2D eigenvalue weighted by molar-refractivity contribution is -0.177. The van der Waals surface area contributed by atoms with Gasteiger partial charge in [-0.15, -0.1) is 0 Å². The lowest BCUT2D eigenvalue weighted by Crippen LogP contribution is -2.43. The molecule has 0 bridgehead atoms. The molecule has 2 atom stereocenters. The zero-order valence-corrected chi connectivity index (χ0v) is 10.0. The van der Waals surface area contributed by atoms with E-state index in [1.807, 2.05) is 0 Å². The number of carboxylic acids is 1. The summed E-state index contributed by atoms with van der Waals surface area (Å²) in [4.78, 5) is 23.7. The maximum absolute atomic E-state index is 12.3. The van der Waals surface area contributed by atoms with Gasteiger partial charge in [0.1, 0.15) is 0 Å². The second-order valence-electron chi connectivity index (χ2n) is 4.66. The number of carboxylic acid groups (broad SMARTS) is 1. The van der Waals surface area contributed by atoms with E-state index in [1.54, 1.807) is 0 Å². The van der Waals surface area contributed by atoms with E-state index >= 15 is 0 Å². The van der Waals surface area contributed by atoms with Gasteiger partial charge in [0, 0.05) is 19.5 Å². The molecule has 0 aromatic carbocycles. The summed E-state index contributed by atoms with van der Waals surface area (Å²) < 4.78 is 37.0. The molecule has 0 aliphatic carbocycles. The van der Waals surface area contributed by atoms with Crippen molar-refractivity contribution in [3.63, 3.8) is 0 Å². The number of hydrogen-bond donors (Lipinski definition) is 1. The molecule has 1 fully saturated rings. The molecule has 0 saturated carbocycles. The Labute approximate surface area is 103 Å². The topological polar surface area (TPSA) is 57.6 Å². The quantitative estimate of drug-likeness (QED) is 0.849. The molecule has 7 heteroatoms. The Kier molecular flexibility index (Phi) is 4.59. The smallest absolute Gasteiger partial charge is 0.392 e. The Morgan fingerprint density at radius 2 is 2.06 bits per heavy atom. The summed E-state index contributed by atoms with van der Waals surface area (Å²) >= 11 is 0. The summed E-state index contributed by atoms with van der Waals surface area (Å²) in [6.07, 6.45) is -4.02. The van der Waals surface area contributed by atoms with Crippen molar-refractivity contribution in [3.8, 4) is 0 Å². The molecule has 1 saturated heterocycles. The van der Waals surface area contributed by atoms with Crippen molar-refractivity contribution in [1.29, 1.82) is 0 Å². The normalized spacial score (nSPS) is 22.7. The van der Waals surface area contributed by atoms with E-state index in [4.69, 9.17) is 5.11 Å². The molecule has 0 aromatic rings. The summed E-state index contributed by atoms with van der Waals surface area (Å²) in [6, 6.07) is 0. The van der Waals surface area contributed by atoms with Crippen molar-refractivity contribution in [2.24, 2.45) is 11.8 Å². The number of aliphatic carboxylic acids is 1. The van der Waals surface area contributed by atoms with E-state index in [0.29, 0.717) is 19.4 Å². The summed E-state index contributed by atoms with van der Waals surface area (Å²) in [5, 5.41) is 8.83. The fourth-order valence-corrected chi connectivity index (χ4v) is 1.91. The van der Waals surface area contributed by atoms with Gasteiger partial charge >= 0.3 is 12.1 Å². The van der Waals surface area contributed by atoms with E-state index in [2.05, 4.69) is 0 Å². The molecule has 1 rings (SSSR count). The average molecular weight is 267 g/mol. The number of likely N-dealkylation sites (tertiary alicyclic amines) is 1. The Morgan fingerprint density at radius 1 is 1.44 bits per heavy atom. The molecule has 1 aliphatic heterocycles. The minimum Gasteiger partial charge on any atom is -0.481 e. The van der Waals surface area contributed by atoms with E-state index in [-0.39, 0.29) is 6.54 Å². The maximum Gasteiger partial charge on any atom is 0.392 e. The molecule has 1 amide bonds. The van der Waals surface area contributed by atoms with Crippen molar-refractivity contribution in [1.82, 2.24) is 4.90 Å². The van der Waals surface area contributed by atoms with Crippen molar-refractivity contribution >= 4 is 11.9 Å². The fourth-order valence-electron chi connectivity index (χ4n) is 1.91. The van der Waals surface area contributed by atoms with Gasteiger partial charge in [-0.3, -0.25) is 9.59 Å². The average Bonchev–Trinajstić information content (AvgIpc) is 2.27. The monoisotopic (exact) mass is 267 g/mol. The molecular weight excluding hydrogens is 251 g/mol. The van der Waals surface area contributed by atoms with Crippen LogP contribution >= 0.6 is 0 Å². The van der Waals surface area contributed by atoms with Gasteiger partial charge in [-0.25, -0.2) is 0 Å². The van der Waals surface area contributed by atoms with Crippen LogP contribution in [0.3, 0.4) is 0 Å². The first-order valence-corrected chi connectivity index (χ1v) is 5.79. The molecule has 0 spiro atoms. The Balaban J connectivity index is 2.54. The number of carbonyl (C=O) groups is 2. The molecule has 18 heavy (non-hydrogen) atoms. The van der Waals surface area contributed by atoms with Crippen molar-refractivity contribution in [2.45, 2.75) is 32.4 Å². The third kappa shape index (κ3) is 3.89. The minimum absolute atomic E-state index is 0.0126. The number of hydrogen-bond acceptors (Lipinski definition) is 2. The molecule has 1 aliphatic rings. The lowest BCUT2D eigenvalue weighted by Gasteiger charge is -2.31. The second kappa shape index (κ2) is 5.58. The first kappa shape index (κ1) is 14.8. The highest BCUT2D eigenvalue weighted by Crippen LogP contribution is 2.29. The fraction of sp³-hybridized carbons (Fsp3) is 0.818. The molecule has 4 nitrogen and oxygen atoms in total. The lowest BCUT2D eigenvalue weighted by atomic mass is 9.97. The van der Waals surface area contributed by atoms with Crippen LogP contribution in [0.2, 0.25) is 0 Å². The van der Waals surface area contributed by atoms with Crippen LogP contribution in [-0.2, 0) is 9.59 Å². The van der Waals surface area contributed by atoms with Crippen LogP contribution in [0.4, 0.5) is 13.2 Å². The van der Waals surface area contributed by atoms with Gasteiger partial charge < -0.3 is 10.0 Å². The maximum atomic E-state index is 12.3. The van der Waals surface area contributed by atoms with Crippen molar-refractivity contribution in [2.75, 3.05) is 13.1 Å². The van der Waals surface area contributed by atoms with E-state index in [0.717, 1.165) is 6.92 Å². The minimum atomic E-state index is -4.39. The van der Waals surface area contributed by atoms with Crippen LogP contribution in [0.15, 0.2) is 0 Å². The van der Waals surface area contributed by atoms with Gasteiger partial charge in [0.25, 0.3) is 0 Å². The highest BCUT2D eigenvalue weighted by molar-refractivity contribution is 5.78. The van der Waals surface area contributed by atoms with Crippen LogP contribution in [0.25, 0.3) is 0 Å². The highest BCUT2D eigenvalue weighted by Gasteiger charge is 2.38. The van der Waals surface area contributed by atoms with E-state index < -0.39 is 36.3 Å². The Hall–Kier alpha value is -1.27. The van der Waals surface area contributed by atoms with Gasteiger partial charge in [-0.05, 0) is 12.8 Å². The van der Waals surface area contributed by atoms with E-state index in [9.17, 15) is 22.8 Å². The standard InChI is InChI=1S/C11H16F3NO3/c1-7(11(12,13)14)5-9(16)15-4-2-3-8(6-15)10(17)18/h7-8H,2-6H2,1H3,(H,17,18). The summed E-state index contributed by atoms with van der Waals surface area (Å²) in [6.45, 7) is 1.31. The van der Waals surface area contributed by atoms with Crippen LogP contribution in [-0.4, -0.2) is 41.1 Å². The number of rotatable bonds is 3. The first-order chi connectivity index (χ1) is 8.21. The molecule has 2 unspecified atom stereocenters. The van der Waals surface area contributed by atoms with Crippen molar-refractivity contribution in [3.05, 3.63) is 0 Å². The summed E-state index contributed by atoms with van der Waals surface area (Å²) in [5.74, 6) is -3.98. The molecule has 1 heterocycles. The number of alkyl halides is 3. The van der Waals surface area contributed by atoms with Gasteiger partial charge in [0.15, 0.2) is 0 Å². The number of halogens is 3. The third-order valence-corrected chi connectivity index (χ3v) is 3.16. The Bertz CT molecular complexity index is 330. The Morgan fingerprint density at radius 3 is 2.56 bits per heavy atom. The van der Waals surface area contributed by atoms with Gasteiger partial charge in [0.2, 0.25) is 5.91 Å². The highest BCUT2D eigenvalue weighted by atomic mass is 19.4. The first-order valence-electron chi connectivity index (χ1n) is 5.79. The van der Waals surface area contributed by atoms with Crippen molar-refractivity contribution < 1.29 is 27.9 Å². The van der Waals surface area contributed by atoms with Crippen LogP contribution in [0, 0.1) is 11.8 Å².